The van der Waals surface area contributed by atoms with Gasteiger partial charge in [0, 0.05) is 18.7 Å². The average Bonchev–Trinajstić information content (AvgIpc) is 2.80. The molecule has 0 amide bonds. The number of hydrogen-bond donors (Lipinski definition) is 2. The normalized spacial score (nSPS) is 10.8. The van der Waals surface area contributed by atoms with Crippen LogP contribution in [0.4, 0.5) is 5.82 Å². The number of phenolic OH excluding ortho intramolecular Hbond substituents is 1. The van der Waals surface area contributed by atoms with Gasteiger partial charge in [0.1, 0.15) is 11.6 Å². The zero-order chi connectivity index (χ0) is 13.4. The first-order valence-corrected chi connectivity index (χ1v) is 6.79. The molecule has 0 bridgehead atoms. The van der Waals surface area contributed by atoms with E-state index in [-0.39, 0.29) is 5.75 Å². The van der Waals surface area contributed by atoms with Crippen LogP contribution in [0.5, 0.6) is 5.75 Å². The Labute approximate surface area is 123 Å². The smallest absolute Gasteiger partial charge is 0.171 e. The number of phenols is 1. The molecule has 0 fully saturated rings. The Balaban J connectivity index is 2.30. The molecule has 5 nitrogen and oxygen atoms in total. The summed E-state index contributed by atoms with van der Waals surface area (Å²) in [6.45, 7) is 0. The Hall–Kier alpha value is -1.83. The molecule has 96 valence electrons. The summed E-state index contributed by atoms with van der Waals surface area (Å²) in [6, 6.07) is 9.03. The Morgan fingerprint density at radius 2 is 2.11 bits per heavy atom. The van der Waals surface area contributed by atoms with Crippen molar-refractivity contribution >= 4 is 34.1 Å². The van der Waals surface area contributed by atoms with Crippen molar-refractivity contribution in [3.63, 3.8) is 0 Å². The van der Waals surface area contributed by atoms with Crippen molar-refractivity contribution in [1.29, 1.82) is 0 Å². The van der Waals surface area contributed by atoms with Gasteiger partial charge in [0.25, 0.3) is 0 Å². The van der Waals surface area contributed by atoms with Crippen LogP contribution in [0.15, 0.2) is 36.5 Å². The third-order valence-electron chi connectivity index (χ3n) is 2.86. The van der Waals surface area contributed by atoms with Gasteiger partial charge in [-0.3, -0.25) is 0 Å². The maximum absolute atomic E-state index is 9.93. The summed E-state index contributed by atoms with van der Waals surface area (Å²) in [4.78, 5) is 4.57. The molecule has 2 N–H and O–H groups in total. The lowest BCUT2D eigenvalue weighted by Crippen LogP contribution is -2.02. The lowest BCUT2D eigenvalue weighted by molar-refractivity contribution is 0.477. The first kappa shape index (κ1) is 12.2. The van der Waals surface area contributed by atoms with Crippen molar-refractivity contribution in [2.45, 2.75) is 0 Å². The van der Waals surface area contributed by atoms with E-state index < -0.39 is 0 Å². The van der Waals surface area contributed by atoms with Crippen molar-refractivity contribution in [3.8, 4) is 17.0 Å². The molecule has 0 atom stereocenters. The molecule has 19 heavy (non-hydrogen) atoms. The van der Waals surface area contributed by atoms with Crippen molar-refractivity contribution in [2.75, 3.05) is 12.4 Å². The predicted octanol–water partition coefficient (Wildman–Crippen LogP) is 2.75. The molecule has 0 radical (unpaired) electrons. The van der Waals surface area contributed by atoms with E-state index in [1.807, 2.05) is 25.2 Å². The minimum absolute atomic E-state index is 0.218. The Kier molecular flexibility index (Phi) is 3.02. The van der Waals surface area contributed by atoms with Crippen LogP contribution in [-0.4, -0.2) is 26.8 Å². The second-order valence-corrected chi connectivity index (χ2v) is 5.18. The van der Waals surface area contributed by atoms with Crippen molar-refractivity contribution < 1.29 is 5.11 Å². The van der Waals surface area contributed by atoms with E-state index in [0.717, 1.165) is 15.0 Å². The fraction of sp³-hybridized carbons (Fsp3) is 0.0769. The molecule has 0 aliphatic rings. The van der Waals surface area contributed by atoms with E-state index in [1.165, 1.54) is 0 Å². The lowest BCUT2D eigenvalue weighted by Gasteiger charge is -2.08. The van der Waals surface area contributed by atoms with Gasteiger partial charge in [-0.2, -0.15) is 9.61 Å². The molecular weight excluding hydrogens is 355 g/mol. The summed E-state index contributed by atoms with van der Waals surface area (Å²) in [5.74, 6) is 1.04. The second-order valence-electron chi connectivity index (χ2n) is 4.02. The van der Waals surface area contributed by atoms with Crippen LogP contribution in [0, 0.1) is 3.57 Å². The monoisotopic (exact) mass is 366 g/mol. The Bertz CT molecular complexity index is 753. The van der Waals surface area contributed by atoms with Gasteiger partial charge in [-0.15, -0.1) is 0 Å². The molecule has 0 aliphatic carbocycles. The molecule has 3 aromatic rings. The van der Waals surface area contributed by atoms with Crippen molar-refractivity contribution in [1.82, 2.24) is 14.6 Å². The molecule has 0 unspecified atom stereocenters. The van der Waals surface area contributed by atoms with Crippen molar-refractivity contribution in [3.05, 3.63) is 40.1 Å². The van der Waals surface area contributed by atoms with E-state index in [1.54, 1.807) is 22.8 Å². The molecule has 6 heteroatoms. The van der Waals surface area contributed by atoms with Crippen LogP contribution in [-0.2, 0) is 0 Å². The number of hydrogen-bond acceptors (Lipinski definition) is 4. The van der Waals surface area contributed by atoms with Gasteiger partial charge in [0.15, 0.2) is 5.65 Å². The molecule has 2 heterocycles. The molecule has 0 saturated carbocycles. The first-order valence-electron chi connectivity index (χ1n) is 5.71. The van der Waals surface area contributed by atoms with Gasteiger partial charge in [0.2, 0.25) is 0 Å². The summed E-state index contributed by atoms with van der Waals surface area (Å²) in [5.41, 5.74) is 2.19. The number of halogens is 1. The van der Waals surface area contributed by atoms with Crippen LogP contribution in [0.3, 0.4) is 0 Å². The standard InChI is InChI=1S/C13H11IN4O/c1-15-12-6-10(8-4-2-3-5-11(8)19)17-13-9(14)7-16-18(12)13/h2-7,15,19H,1H3. The summed E-state index contributed by atoms with van der Waals surface area (Å²) >= 11 is 2.19. The molecule has 0 aliphatic heterocycles. The third-order valence-corrected chi connectivity index (χ3v) is 3.63. The van der Waals surface area contributed by atoms with E-state index in [2.05, 4.69) is 38.0 Å². The first-order chi connectivity index (χ1) is 9.20. The number of benzene rings is 1. The average molecular weight is 366 g/mol. The summed E-state index contributed by atoms with van der Waals surface area (Å²) in [7, 11) is 1.83. The van der Waals surface area contributed by atoms with Gasteiger partial charge in [-0.25, -0.2) is 4.98 Å². The van der Waals surface area contributed by atoms with E-state index in [4.69, 9.17) is 0 Å². The second kappa shape index (κ2) is 4.69. The van der Waals surface area contributed by atoms with Crippen LogP contribution in [0.25, 0.3) is 16.9 Å². The predicted molar refractivity (Wildman–Crippen MR) is 82.4 cm³/mol. The number of para-hydroxylation sites is 1. The number of rotatable bonds is 2. The highest BCUT2D eigenvalue weighted by Crippen LogP contribution is 2.30. The SMILES string of the molecule is CNc1cc(-c2ccccc2O)nc2c(I)cnn12. The van der Waals surface area contributed by atoms with Crippen LogP contribution in [0.1, 0.15) is 0 Å². The highest BCUT2D eigenvalue weighted by molar-refractivity contribution is 14.1. The fourth-order valence-corrected chi connectivity index (χ4v) is 2.42. The van der Waals surface area contributed by atoms with Gasteiger partial charge >= 0.3 is 0 Å². The summed E-state index contributed by atoms with van der Waals surface area (Å²) in [5, 5.41) is 17.3. The highest BCUT2D eigenvalue weighted by Gasteiger charge is 2.12. The zero-order valence-corrected chi connectivity index (χ0v) is 12.3. The fourth-order valence-electron chi connectivity index (χ4n) is 1.94. The highest BCUT2D eigenvalue weighted by atomic mass is 127. The zero-order valence-electron chi connectivity index (χ0n) is 10.1. The van der Waals surface area contributed by atoms with Crippen LogP contribution < -0.4 is 5.32 Å². The largest absolute Gasteiger partial charge is 0.507 e. The molecule has 0 spiro atoms. The number of nitrogens with zero attached hydrogens (tertiary/aromatic N) is 3. The Morgan fingerprint density at radius 3 is 2.84 bits per heavy atom. The number of anilines is 1. The van der Waals surface area contributed by atoms with Crippen LogP contribution >= 0.6 is 22.6 Å². The van der Waals surface area contributed by atoms with E-state index in [0.29, 0.717) is 11.3 Å². The van der Waals surface area contributed by atoms with E-state index >= 15 is 0 Å². The molecule has 1 aromatic carbocycles. The quantitative estimate of drug-likeness (QED) is 0.685. The van der Waals surface area contributed by atoms with Crippen molar-refractivity contribution in [2.24, 2.45) is 0 Å². The minimum Gasteiger partial charge on any atom is -0.507 e. The summed E-state index contributed by atoms with van der Waals surface area (Å²) < 4.78 is 2.71. The maximum atomic E-state index is 9.93. The van der Waals surface area contributed by atoms with Gasteiger partial charge < -0.3 is 10.4 Å². The van der Waals surface area contributed by atoms with Gasteiger partial charge in [-0.1, -0.05) is 12.1 Å². The number of aromatic hydroxyl groups is 1. The summed E-state index contributed by atoms with van der Waals surface area (Å²) in [6.07, 6.45) is 1.76. The minimum atomic E-state index is 0.218. The number of aromatic nitrogens is 3. The molecule has 0 saturated heterocycles. The van der Waals surface area contributed by atoms with Gasteiger partial charge in [0.05, 0.1) is 15.5 Å². The lowest BCUT2D eigenvalue weighted by atomic mass is 10.1. The molecular formula is C13H11IN4O. The molecule has 2 aromatic heterocycles. The van der Waals surface area contributed by atoms with Crippen LogP contribution in [0.2, 0.25) is 0 Å². The van der Waals surface area contributed by atoms with E-state index in [9.17, 15) is 5.11 Å². The number of fused-ring (bicyclic) bond motifs is 1. The Morgan fingerprint density at radius 1 is 1.32 bits per heavy atom. The number of nitrogens with one attached hydrogen (secondary N) is 1. The third kappa shape index (κ3) is 2.01. The molecule has 3 rings (SSSR count). The maximum Gasteiger partial charge on any atom is 0.171 e. The topological polar surface area (TPSA) is 62.5 Å². The van der Waals surface area contributed by atoms with Gasteiger partial charge in [-0.05, 0) is 34.7 Å².